The number of likely N-dealkylation sites (tertiary alicyclic amines) is 1. The molecule has 102 valence electrons. The first-order valence-electron chi connectivity index (χ1n) is 4.98. The summed E-state index contributed by atoms with van der Waals surface area (Å²) in [6.07, 6.45) is -5.17. The quantitative estimate of drug-likeness (QED) is 0.677. The van der Waals surface area contributed by atoms with E-state index in [1.165, 1.54) is 7.05 Å². The minimum atomic E-state index is -4.91. The van der Waals surface area contributed by atoms with Crippen molar-refractivity contribution in [2.45, 2.75) is 18.6 Å². The van der Waals surface area contributed by atoms with Crippen LogP contribution in [0.4, 0.5) is 13.2 Å². The highest BCUT2D eigenvalue weighted by atomic mass is 19.4. The van der Waals surface area contributed by atoms with Gasteiger partial charge in [0.1, 0.15) is 0 Å². The molecule has 2 atom stereocenters. The second-order valence-electron chi connectivity index (χ2n) is 3.89. The standard InChI is InChI=1S/C9H11F3N2O4/c1-14-6(15)2-5(7(14)16)13-3-4(8(17)18)9(10,11)12/h4-5,13H,2-3H2,1H3,(H,17,18). The summed E-state index contributed by atoms with van der Waals surface area (Å²) in [6.45, 7) is -0.948. The van der Waals surface area contributed by atoms with Crippen molar-refractivity contribution < 1.29 is 32.7 Å². The molecule has 2 amide bonds. The number of nitrogens with one attached hydrogen (secondary N) is 1. The van der Waals surface area contributed by atoms with Crippen LogP contribution in [-0.4, -0.2) is 53.6 Å². The van der Waals surface area contributed by atoms with Gasteiger partial charge in [-0.3, -0.25) is 19.3 Å². The Balaban J connectivity index is 2.62. The number of likely N-dealkylation sites (N-methyl/N-ethyl adjacent to an activating group) is 1. The molecule has 0 aromatic carbocycles. The fourth-order valence-corrected chi connectivity index (χ4v) is 1.52. The molecule has 1 fully saturated rings. The van der Waals surface area contributed by atoms with E-state index in [-0.39, 0.29) is 6.42 Å². The summed E-state index contributed by atoms with van der Waals surface area (Å²) in [7, 11) is 1.21. The van der Waals surface area contributed by atoms with Crippen molar-refractivity contribution in [1.82, 2.24) is 10.2 Å². The molecule has 0 aliphatic carbocycles. The normalized spacial score (nSPS) is 22.4. The minimum absolute atomic E-state index is 0.264. The zero-order valence-electron chi connectivity index (χ0n) is 9.32. The van der Waals surface area contributed by atoms with Crippen LogP contribution in [0, 0.1) is 5.92 Å². The minimum Gasteiger partial charge on any atom is -0.481 e. The number of imide groups is 1. The Bertz CT molecular complexity index is 382. The number of halogens is 3. The van der Waals surface area contributed by atoms with Crippen molar-refractivity contribution >= 4 is 17.8 Å². The molecule has 0 radical (unpaired) electrons. The van der Waals surface area contributed by atoms with Gasteiger partial charge >= 0.3 is 12.1 Å². The van der Waals surface area contributed by atoms with Gasteiger partial charge in [0, 0.05) is 13.6 Å². The largest absolute Gasteiger partial charge is 0.481 e. The lowest BCUT2D eigenvalue weighted by atomic mass is 10.1. The van der Waals surface area contributed by atoms with Crippen LogP contribution >= 0.6 is 0 Å². The molecular weight excluding hydrogens is 257 g/mol. The molecular formula is C9H11F3N2O4. The Morgan fingerprint density at radius 2 is 2.11 bits per heavy atom. The van der Waals surface area contributed by atoms with Crippen molar-refractivity contribution in [3.05, 3.63) is 0 Å². The predicted octanol–water partition coefficient (Wildman–Crippen LogP) is -0.404. The van der Waals surface area contributed by atoms with Crippen molar-refractivity contribution in [3.8, 4) is 0 Å². The first-order valence-corrected chi connectivity index (χ1v) is 4.98. The second-order valence-corrected chi connectivity index (χ2v) is 3.89. The SMILES string of the molecule is CN1C(=O)CC(NCC(C(=O)O)C(F)(F)F)C1=O. The van der Waals surface area contributed by atoms with E-state index in [2.05, 4.69) is 5.32 Å². The number of nitrogens with zero attached hydrogens (tertiary/aromatic N) is 1. The molecule has 0 saturated carbocycles. The van der Waals surface area contributed by atoms with E-state index < -0.39 is 42.5 Å². The van der Waals surface area contributed by atoms with Crippen LogP contribution in [0.15, 0.2) is 0 Å². The molecule has 2 unspecified atom stereocenters. The molecule has 9 heteroatoms. The van der Waals surface area contributed by atoms with Crippen LogP contribution in [0.2, 0.25) is 0 Å². The molecule has 1 heterocycles. The summed E-state index contributed by atoms with van der Waals surface area (Å²) in [5.74, 6) is -5.81. The molecule has 0 aromatic rings. The summed E-state index contributed by atoms with van der Waals surface area (Å²) in [5, 5.41) is 10.6. The molecule has 6 nitrogen and oxygen atoms in total. The number of hydrogen-bond donors (Lipinski definition) is 2. The highest BCUT2D eigenvalue weighted by molar-refractivity contribution is 6.05. The van der Waals surface area contributed by atoms with E-state index in [1.807, 2.05) is 0 Å². The van der Waals surface area contributed by atoms with Crippen molar-refractivity contribution in [1.29, 1.82) is 0 Å². The van der Waals surface area contributed by atoms with Gasteiger partial charge in [0.15, 0.2) is 5.92 Å². The summed E-state index contributed by atoms with van der Waals surface area (Å²) in [5.41, 5.74) is 0. The van der Waals surface area contributed by atoms with Gasteiger partial charge in [0.05, 0.1) is 12.5 Å². The van der Waals surface area contributed by atoms with Crippen LogP contribution in [0.5, 0.6) is 0 Å². The number of rotatable bonds is 4. The number of carbonyl (C=O) groups is 3. The summed E-state index contributed by atoms with van der Waals surface area (Å²) in [6, 6.07) is -1.09. The van der Waals surface area contributed by atoms with Crippen LogP contribution < -0.4 is 5.32 Å². The molecule has 0 bridgehead atoms. The summed E-state index contributed by atoms with van der Waals surface area (Å²) < 4.78 is 36.9. The fraction of sp³-hybridized carbons (Fsp3) is 0.667. The van der Waals surface area contributed by atoms with Crippen molar-refractivity contribution in [3.63, 3.8) is 0 Å². The maximum atomic E-state index is 12.3. The van der Waals surface area contributed by atoms with Gasteiger partial charge in [-0.15, -0.1) is 0 Å². The van der Waals surface area contributed by atoms with E-state index in [0.717, 1.165) is 4.90 Å². The third-order valence-electron chi connectivity index (χ3n) is 2.64. The number of carboxylic acid groups (broad SMARTS) is 1. The Labute approximate surface area is 99.7 Å². The molecule has 18 heavy (non-hydrogen) atoms. The van der Waals surface area contributed by atoms with Crippen LogP contribution in [0.1, 0.15) is 6.42 Å². The van der Waals surface area contributed by atoms with Crippen LogP contribution in [0.3, 0.4) is 0 Å². The molecule has 0 aromatic heterocycles. The van der Waals surface area contributed by atoms with Crippen molar-refractivity contribution in [2.75, 3.05) is 13.6 Å². The highest BCUT2D eigenvalue weighted by Gasteiger charge is 2.46. The Kier molecular flexibility index (Phi) is 3.95. The van der Waals surface area contributed by atoms with Crippen LogP contribution in [0.25, 0.3) is 0 Å². The van der Waals surface area contributed by atoms with Gasteiger partial charge in [0.25, 0.3) is 0 Å². The van der Waals surface area contributed by atoms with Gasteiger partial charge in [0.2, 0.25) is 11.8 Å². The predicted molar refractivity (Wildman–Crippen MR) is 51.4 cm³/mol. The molecule has 1 rings (SSSR count). The van der Waals surface area contributed by atoms with Gasteiger partial charge in [-0.2, -0.15) is 13.2 Å². The van der Waals surface area contributed by atoms with Gasteiger partial charge in [-0.25, -0.2) is 0 Å². The zero-order valence-corrected chi connectivity index (χ0v) is 9.32. The second kappa shape index (κ2) is 4.92. The lowest BCUT2D eigenvalue weighted by Gasteiger charge is -2.18. The molecule has 0 spiro atoms. The van der Waals surface area contributed by atoms with E-state index in [4.69, 9.17) is 5.11 Å². The number of alkyl halides is 3. The van der Waals surface area contributed by atoms with Gasteiger partial charge in [-0.05, 0) is 0 Å². The number of carboxylic acids is 1. The van der Waals surface area contributed by atoms with E-state index in [9.17, 15) is 27.6 Å². The lowest BCUT2D eigenvalue weighted by molar-refractivity contribution is -0.192. The summed E-state index contributed by atoms with van der Waals surface area (Å²) >= 11 is 0. The van der Waals surface area contributed by atoms with Crippen molar-refractivity contribution in [2.24, 2.45) is 5.92 Å². The topological polar surface area (TPSA) is 86.7 Å². The zero-order chi connectivity index (χ0) is 14.1. The van der Waals surface area contributed by atoms with E-state index in [0.29, 0.717) is 0 Å². The van der Waals surface area contributed by atoms with E-state index >= 15 is 0 Å². The molecule has 1 aliphatic heterocycles. The number of carbonyl (C=O) groups excluding carboxylic acids is 2. The summed E-state index contributed by atoms with van der Waals surface area (Å²) in [4.78, 5) is 33.7. The van der Waals surface area contributed by atoms with Crippen LogP contribution in [-0.2, 0) is 14.4 Å². The maximum Gasteiger partial charge on any atom is 0.403 e. The smallest absolute Gasteiger partial charge is 0.403 e. The monoisotopic (exact) mass is 268 g/mol. The third kappa shape index (κ3) is 2.97. The number of hydrogen-bond acceptors (Lipinski definition) is 4. The first kappa shape index (κ1) is 14.4. The lowest BCUT2D eigenvalue weighted by Crippen LogP contribution is -2.45. The Morgan fingerprint density at radius 3 is 2.44 bits per heavy atom. The average molecular weight is 268 g/mol. The third-order valence-corrected chi connectivity index (χ3v) is 2.64. The fourth-order valence-electron chi connectivity index (χ4n) is 1.52. The molecule has 1 saturated heterocycles. The van der Waals surface area contributed by atoms with Gasteiger partial charge in [-0.1, -0.05) is 0 Å². The Morgan fingerprint density at radius 1 is 1.56 bits per heavy atom. The maximum absolute atomic E-state index is 12.3. The van der Waals surface area contributed by atoms with E-state index in [1.54, 1.807) is 0 Å². The molecule has 2 N–H and O–H groups in total. The molecule has 1 aliphatic rings. The number of amides is 2. The Hall–Kier alpha value is -1.64. The number of aliphatic carboxylic acids is 1. The first-order chi connectivity index (χ1) is 8.14. The van der Waals surface area contributed by atoms with Gasteiger partial charge < -0.3 is 10.4 Å². The highest BCUT2D eigenvalue weighted by Crippen LogP contribution is 2.26. The average Bonchev–Trinajstić information content (AvgIpc) is 2.44.